The summed E-state index contributed by atoms with van der Waals surface area (Å²) in [5.41, 5.74) is 8.31. The van der Waals surface area contributed by atoms with Gasteiger partial charge in [0.25, 0.3) is 0 Å². The van der Waals surface area contributed by atoms with Gasteiger partial charge in [-0.2, -0.15) is 0 Å². The Morgan fingerprint density at radius 3 is 2.33 bits per heavy atom. The summed E-state index contributed by atoms with van der Waals surface area (Å²) in [4.78, 5) is 11.4. The van der Waals surface area contributed by atoms with Crippen LogP contribution in [0.25, 0.3) is 0 Å². The van der Waals surface area contributed by atoms with Crippen LogP contribution in [0, 0.1) is 0 Å². The lowest BCUT2D eigenvalue weighted by atomic mass is 9.91. The van der Waals surface area contributed by atoms with Gasteiger partial charge in [-0.15, -0.1) is 0 Å². The maximum atomic E-state index is 11.4. The number of nitrogens with two attached hydrogens (primary N) is 1. The molecule has 0 heterocycles. The molecule has 0 aliphatic carbocycles. The Hall–Kier alpha value is -2.09. The van der Waals surface area contributed by atoms with Crippen LogP contribution >= 0.6 is 0 Å². The average Bonchev–Trinajstić information content (AvgIpc) is 2.40. The second kappa shape index (κ2) is 5.50. The zero-order chi connectivity index (χ0) is 13.0. The van der Waals surface area contributed by atoms with Gasteiger partial charge < -0.3 is 5.73 Å². The van der Waals surface area contributed by atoms with Crippen molar-refractivity contribution < 1.29 is 4.79 Å². The predicted molar refractivity (Wildman–Crippen MR) is 73.5 cm³/mol. The van der Waals surface area contributed by atoms with E-state index in [1.54, 1.807) is 6.07 Å². The highest BCUT2D eigenvalue weighted by molar-refractivity contribution is 5.94. The number of benzene rings is 2. The van der Waals surface area contributed by atoms with E-state index in [0.717, 1.165) is 12.0 Å². The molecule has 0 unspecified atom stereocenters. The number of primary amides is 1. The molecule has 92 valence electrons. The molecule has 0 radical (unpaired) electrons. The summed E-state index contributed by atoms with van der Waals surface area (Å²) < 4.78 is 0. The molecule has 1 amide bonds. The highest BCUT2D eigenvalue weighted by Crippen LogP contribution is 2.21. The number of amides is 1. The first kappa shape index (κ1) is 12.4. The van der Waals surface area contributed by atoms with Gasteiger partial charge in [0, 0.05) is 5.56 Å². The molecule has 2 N–H and O–H groups in total. The number of rotatable bonds is 4. The summed E-state index contributed by atoms with van der Waals surface area (Å²) in [7, 11) is 0. The quantitative estimate of drug-likeness (QED) is 0.875. The monoisotopic (exact) mass is 239 g/mol. The largest absolute Gasteiger partial charge is 0.366 e. The number of hydrogen-bond donors (Lipinski definition) is 1. The fourth-order valence-electron chi connectivity index (χ4n) is 2.17. The molecule has 1 atom stereocenters. The molecule has 0 aliphatic rings. The van der Waals surface area contributed by atoms with E-state index in [4.69, 9.17) is 5.73 Å². The summed E-state index contributed by atoms with van der Waals surface area (Å²) in [6.07, 6.45) is 0.823. The van der Waals surface area contributed by atoms with Gasteiger partial charge in [-0.1, -0.05) is 55.5 Å². The van der Waals surface area contributed by atoms with E-state index >= 15 is 0 Å². The predicted octanol–water partition coefficient (Wildman–Crippen LogP) is 3.13. The van der Waals surface area contributed by atoms with Crippen LogP contribution < -0.4 is 5.73 Å². The van der Waals surface area contributed by atoms with Crippen molar-refractivity contribution in [2.45, 2.75) is 19.3 Å². The van der Waals surface area contributed by atoms with Crippen LogP contribution in [0.4, 0.5) is 0 Å². The number of carbonyl (C=O) groups is 1. The summed E-state index contributed by atoms with van der Waals surface area (Å²) in [6, 6.07) is 17.8. The molecular formula is C16H17NO. The van der Waals surface area contributed by atoms with E-state index in [2.05, 4.69) is 19.1 Å². The van der Waals surface area contributed by atoms with Gasteiger partial charge in [-0.05, 0) is 29.5 Å². The lowest BCUT2D eigenvalue weighted by Crippen LogP contribution is -2.14. The first-order valence-corrected chi connectivity index (χ1v) is 6.11. The third kappa shape index (κ3) is 2.77. The van der Waals surface area contributed by atoms with Gasteiger partial charge >= 0.3 is 0 Å². The topological polar surface area (TPSA) is 43.1 Å². The van der Waals surface area contributed by atoms with E-state index in [1.807, 2.05) is 36.4 Å². The first-order valence-electron chi connectivity index (χ1n) is 6.11. The van der Waals surface area contributed by atoms with Crippen molar-refractivity contribution in [3.63, 3.8) is 0 Å². The zero-order valence-electron chi connectivity index (χ0n) is 10.5. The van der Waals surface area contributed by atoms with Crippen LogP contribution in [-0.4, -0.2) is 5.91 Å². The fraction of sp³-hybridized carbons (Fsp3) is 0.188. The summed E-state index contributed by atoms with van der Waals surface area (Å²) in [5.74, 6) is 0.0116. The van der Waals surface area contributed by atoms with Crippen molar-refractivity contribution in [2.75, 3.05) is 0 Å². The number of hydrogen-bond acceptors (Lipinski definition) is 1. The van der Waals surface area contributed by atoms with Crippen molar-refractivity contribution in [3.05, 3.63) is 71.3 Å². The molecule has 0 saturated heterocycles. The van der Waals surface area contributed by atoms with Crippen LogP contribution in [0.3, 0.4) is 0 Å². The van der Waals surface area contributed by atoms with Crippen molar-refractivity contribution in [2.24, 2.45) is 5.73 Å². The second-order valence-electron chi connectivity index (χ2n) is 4.54. The zero-order valence-corrected chi connectivity index (χ0v) is 10.5. The van der Waals surface area contributed by atoms with E-state index in [-0.39, 0.29) is 5.91 Å². The van der Waals surface area contributed by atoms with Crippen LogP contribution in [0.1, 0.15) is 34.3 Å². The molecule has 18 heavy (non-hydrogen) atoms. The molecule has 2 aromatic rings. The Kier molecular flexibility index (Phi) is 3.78. The third-order valence-electron chi connectivity index (χ3n) is 3.18. The first-order chi connectivity index (χ1) is 8.68. The second-order valence-corrected chi connectivity index (χ2v) is 4.54. The minimum absolute atomic E-state index is 0.356. The Balaban J connectivity index is 2.22. The molecule has 0 spiro atoms. The molecule has 2 heteroatoms. The average molecular weight is 239 g/mol. The fourth-order valence-corrected chi connectivity index (χ4v) is 2.17. The SMILES string of the molecule is C[C@H](Cc1ccccc1C(N)=O)c1ccccc1. The lowest BCUT2D eigenvalue weighted by Gasteiger charge is -2.13. The van der Waals surface area contributed by atoms with Crippen LogP contribution in [0.5, 0.6) is 0 Å². The Labute approximate surface area is 107 Å². The minimum atomic E-state index is -0.356. The van der Waals surface area contributed by atoms with Gasteiger partial charge in [0.15, 0.2) is 0 Å². The highest BCUT2D eigenvalue weighted by Gasteiger charge is 2.11. The van der Waals surface area contributed by atoms with Gasteiger partial charge in [0.05, 0.1) is 0 Å². The summed E-state index contributed by atoms with van der Waals surface area (Å²) in [5, 5.41) is 0. The third-order valence-corrected chi connectivity index (χ3v) is 3.18. The molecule has 2 nitrogen and oxygen atoms in total. The molecule has 2 aromatic carbocycles. The van der Waals surface area contributed by atoms with E-state index < -0.39 is 0 Å². The van der Waals surface area contributed by atoms with Crippen molar-refractivity contribution in [3.8, 4) is 0 Å². The molecule has 0 saturated carbocycles. The normalized spacial score (nSPS) is 12.1. The van der Waals surface area contributed by atoms with Crippen LogP contribution in [0.2, 0.25) is 0 Å². The van der Waals surface area contributed by atoms with Gasteiger partial charge in [-0.25, -0.2) is 0 Å². The highest BCUT2D eigenvalue weighted by atomic mass is 16.1. The van der Waals surface area contributed by atoms with Crippen molar-refractivity contribution in [1.82, 2.24) is 0 Å². The maximum absolute atomic E-state index is 11.4. The van der Waals surface area contributed by atoms with Gasteiger partial charge in [-0.3, -0.25) is 4.79 Å². The Morgan fingerprint density at radius 1 is 1.06 bits per heavy atom. The van der Waals surface area contributed by atoms with E-state index in [1.165, 1.54) is 5.56 Å². The Bertz CT molecular complexity index is 534. The standard InChI is InChI=1S/C16H17NO/c1-12(13-7-3-2-4-8-13)11-14-9-5-6-10-15(14)16(17)18/h2-10,12H,11H2,1H3,(H2,17,18)/t12-/m1/s1. The van der Waals surface area contributed by atoms with Gasteiger partial charge in [0.2, 0.25) is 5.91 Å². The van der Waals surface area contributed by atoms with E-state index in [9.17, 15) is 4.79 Å². The summed E-state index contributed by atoms with van der Waals surface area (Å²) >= 11 is 0. The molecule has 0 bridgehead atoms. The molecule has 0 fully saturated rings. The smallest absolute Gasteiger partial charge is 0.248 e. The van der Waals surface area contributed by atoms with Crippen LogP contribution in [0.15, 0.2) is 54.6 Å². The van der Waals surface area contributed by atoms with E-state index in [0.29, 0.717) is 11.5 Å². The minimum Gasteiger partial charge on any atom is -0.366 e. The van der Waals surface area contributed by atoms with Crippen molar-refractivity contribution >= 4 is 5.91 Å². The maximum Gasteiger partial charge on any atom is 0.248 e. The molecular weight excluding hydrogens is 222 g/mol. The summed E-state index contributed by atoms with van der Waals surface area (Å²) in [6.45, 7) is 2.16. The lowest BCUT2D eigenvalue weighted by molar-refractivity contribution is 0.0999. The van der Waals surface area contributed by atoms with Gasteiger partial charge in [0.1, 0.15) is 0 Å². The number of carbonyl (C=O) groups excluding carboxylic acids is 1. The van der Waals surface area contributed by atoms with Crippen LogP contribution in [-0.2, 0) is 6.42 Å². The molecule has 2 rings (SSSR count). The molecule has 0 aliphatic heterocycles. The Morgan fingerprint density at radius 2 is 1.67 bits per heavy atom. The van der Waals surface area contributed by atoms with Crippen molar-refractivity contribution in [1.29, 1.82) is 0 Å². The molecule has 0 aromatic heterocycles.